The number of benzene rings is 1. The molecule has 1 fully saturated rings. The maximum Gasteiger partial charge on any atom is 0.129 e. The monoisotopic (exact) mass is 265 g/mol. The van der Waals surface area contributed by atoms with E-state index < -0.39 is 0 Å². The molecule has 0 saturated heterocycles. The molecule has 0 aromatic heterocycles. The Bertz CT molecular complexity index is 377. The predicted octanol–water partition coefficient (Wildman–Crippen LogP) is 3.68. The van der Waals surface area contributed by atoms with Crippen LogP contribution in [0.3, 0.4) is 0 Å². The number of rotatable bonds is 6. The van der Waals surface area contributed by atoms with E-state index >= 15 is 0 Å². The highest BCUT2D eigenvalue weighted by atomic mass is 19.1. The first-order valence-electron chi connectivity index (χ1n) is 7.32. The lowest BCUT2D eigenvalue weighted by Crippen LogP contribution is -2.23. The summed E-state index contributed by atoms with van der Waals surface area (Å²) < 4.78 is 19.8. The van der Waals surface area contributed by atoms with E-state index in [2.05, 4.69) is 5.32 Å². The van der Waals surface area contributed by atoms with Gasteiger partial charge in [0, 0.05) is 12.1 Å². The van der Waals surface area contributed by atoms with E-state index in [1.165, 1.54) is 38.2 Å². The van der Waals surface area contributed by atoms with E-state index in [1.54, 1.807) is 6.07 Å². The normalized spacial score (nSPS) is 18.4. The second-order valence-electron chi connectivity index (χ2n) is 5.41. The highest BCUT2D eigenvalue weighted by Crippen LogP contribution is 2.27. The first-order chi connectivity index (χ1) is 9.31. The molecule has 1 aromatic rings. The van der Waals surface area contributed by atoms with Crippen molar-refractivity contribution in [1.82, 2.24) is 5.32 Å². The van der Waals surface area contributed by atoms with Crippen LogP contribution < -0.4 is 5.32 Å². The standard InChI is InChI=1S/C16H24FNO/c1-18-11-16(14-9-5-6-10-15(14)17)19-12-13-7-3-2-4-8-13/h5-6,9-10,13,16,18H,2-4,7-8,11-12H2,1H3. The van der Waals surface area contributed by atoms with Gasteiger partial charge in [-0.05, 0) is 31.9 Å². The molecule has 0 aliphatic heterocycles. The van der Waals surface area contributed by atoms with Crippen molar-refractivity contribution >= 4 is 0 Å². The van der Waals surface area contributed by atoms with Crippen LogP contribution in [0.2, 0.25) is 0 Å². The van der Waals surface area contributed by atoms with Gasteiger partial charge < -0.3 is 10.1 Å². The molecular weight excluding hydrogens is 241 g/mol. The van der Waals surface area contributed by atoms with Gasteiger partial charge in [-0.25, -0.2) is 4.39 Å². The Morgan fingerprint density at radius 3 is 2.68 bits per heavy atom. The first-order valence-corrected chi connectivity index (χ1v) is 7.32. The summed E-state index contributed by atoms with van der Waals surface area (Å²) >= 11 is 0. The molecule has 1 N–H and O–H groups in total. The van der Waals surface area contributed by atoms with Crippen molar-refractivity contribution in [2.45, 2.75) is 38.2 Å². The van der Waals surface area contributed by atoms with Gasteiger partial charge in [-0.1, -0.05) is 37.5 Å². The van der Waals surface area contributed by atoms with Crippen molar-refractivity contribution < 1.29 is 9.13 Å². The van der Waals surface area contributed by atoms with Crippen LogP contribution in [0.25, 0.3) is 0 Å². The third-order valence-corrected chi connectivity index (χ3v) is 3.90. The van der Waals surface area contributed by atoms with Crippen molar-refractivity contribution in [3.05, 3.63) is 35.6 Å². The van der Waals surface area contributed by atoms with Gasteiger partial charge in [-0.15, -0.1) is 0 Å². The summed E-state index contributed by atoms with van der Waals surface area (Å²) in [5.74, 6) is 0.478. The van der Waals surface area contributed by atoms with Gasteiger partial charge in [0.15, 0.2) is 0 Å². The van der Waals surface area contributed by atoms with E-state index in [9.17, 15) is 4.39 Å². The summed E-state index contributed by atoms with van der Waals surface area (Å²) in [5, 5.41) is 3.09. The smallest absolute Gasteiger partial charge is 0.129 e. The molecule has 0 bridgehead atoms. The maximum atomic E-state index is 13.8. The van der Waals surface area contributed by atoms with Crippen molar-refractivity contribution in [1.29, 1.82) is 0 Å². The van der Waals surface area contributed by atoms with Crippen LogP contribution in [-0.4, -0.2) is 20.2 Å². The van der Waals surface area contributed by atoms with Gasteiger partial charge in [0.25, 0.3) is 0 Å². The largest absolute Gasteiger partial charge is 0.372 e. The van der Waals surface area contributed by atoms with Gasteiger partial charge in [0.2, 0.25) is 0 Å². The maximum absolute atomic E-state index is 13.8. The number of likely N-dealkylation sites (N-methyl/N-ethyl adjacent to an activating group) is 1. The summed E-state index contributed by atoms with van der Waals surface area (Å²) in [6, 6.07) is 6.90. The number of hydrogen-bond acceptors (Lipinski definition) is 2. The van der Waals surface area contributed by atoms with Gasteiger partial charge >= 0.3 is 0 Å². The predicted molar refractivity (Wildman–Crippen MR) is 75.6 cm³/mol. The van der Waals surface area contributed by atoms with E-state index in [0.29, 0.717) is 18.0 Å². The van der Waals surface area contributed by atoms with Crippen molar-refractivity contribution in [3.8, 4) is 0 Å². The SMILES string of the molecule is CNCC(OCC1CCCCC1)c1ccccc1F. The topological polar surface area (TPSA) is 21.3 Å². The lowest BCUT2D eigenvalue weighted by molar-refractivity contribution is 0.0191. The van der Waals surface area contributed by atoms with Gasteiger partial charge in [-0.3, -0.25) is 0 Å². The summed E-state index contributed by atoms with van der Waals surface area (Å²) in [4.78, 5) is 0. The molecule has 1 aromatic carbocycles. The molecule has 1 atom stereocenters. The third-order valence-electron chi connectivity index (χ3n) is 3.90. The third kappa shape index (κ3) is 4.29. The Labute approximate surface area is 115 Å². The minimum atomic E-state index is -0.187. The fraction of sp³-hybridized carbons (Fsp3) is 0.625. The fourth-order valence-electron chi connectivity index (χ4n) is 2.79. The molecule has 3 heteroatoms. The van der Waals surface area contributed by atoms with Crippen LogP contribution in [0.5, 0.6) is 0 Å². The molecular formula is C16H24FNO. The molecule has 0 radical (unpaired) electrons. The zero-order chi connectivity index (χ0) is 13.5. The molecule has 0 heterocycles. The summed E-state index contributed by atoms with van der Waals surface area (Å²) in [5.41, 5.74) is 0.660. The zero-order valence-corrected chi connectivity index (χ0v) is 11.7. The molecule has 1 unspecified atom stereocenters. The quantitative estimate of drug-likeness (QED) is 0.847. The molecule has 0 spiro atoms. The number of ether oxygens (including phenoxy) is 1. The molecule has 1 saturated carbocycles. The highest BCUT2D eigenvalue weighted by Gasteiger charge is 2.19. The Morgan fingerprint density at radius 1 is 1.26 bits per heavy atom. The fourth-order valence-corrected chi connectivity index (χ4v) is 2.79. The van der Waals surface area contributed by atoms with Gasteiger partial charge in [-0.2, -0.15) is 0 Å². The van der Waals surface area contributed by atoms with E-state index in [1.807, 2.05) is 19.2 Å². The number of hydrogen-bond donors (Lipinski definition) is 1. The minimum absolute atomic E-state index is 0.175. The van der Waals surface area contributed by atoms with Gasteiger partial charge in [0.1, 0.15) is 5.82 Å². The second-order valence-corrected chi connectivity index (χ2v) is 5.41. The van der Waals surface area contributed by atoms with Crippen LogP contribution in [0.15, 0.2) is 24.3 Å². The number of halogens is 1. The van der Waals surface area contributed by atoms with Crippen molar-refractivity contribution in [2.24, 2.45) is 5.92 Å². The van der Waals surface area contributed by atoms with Crippen LogP contribution >= 0.6 is 0 Å². The molecule has 1 aliphatic rings. The van der Waals surface area contributed by atoms with Crippen LogP contribution in [0.1, 0.15) is 43.8 Å². The lowest BCUT2D eigenvalue weighted by Gasteiger charge is -2.25. The van der Waals surface area contributed by atoms with Crippen molar-refractivity contribution in [3.63, 3.8) is 0 Å². The highest BCUT2D eigenvalue weighted by molar-refractivity contribution is 5.20. The molecule has 106 valence electrons. The molecule has 1 aliphatic carbocycles. The van der Waals surface area contributed by atoms with E-state index in [-0.39, 0.29) is 11.9 Å². The number of nitrogens with one attached hydrogen (secondary N) is 1. The Morgan fingerprint density at radius 2 is 2.00 bits per heavy atom. The van der Waals surface area contributed by atoms with Crippen LogP contribution in [-0.2, 0) is 4.74 Å². The Kier molecular flexibility index (Phi) is 5.80. The summed E-state index contributed by atoms with van der Waals surface area (Å²) in [7, 11) is 1.87. The van der Waals surface area contributed by atoms with Crippen molar-refractivity contribution in [2.75, 3.05) is 20.2 Å². The summed E-state index contributed by atoms with van der Waals surface area (Å²) in [6.07, 6.45) is 6.29. The van der Waals surface area contributed by atoms with Crippen LogP contribution in [0, 0.1) is 11.7 Å². The molecule has 2 rings (SSSR count). The molecule has 2 nitrogen and oxygen atoms in total. The average Bonchev–Trinajstić information content (AvgIpc) is 2.45. The molecule has 19 heavy (non-hydrogen) atoms. The average molecular weight is 265 g/mol. The Balaban J connectivity index is 1.94. The first kappa shape index (κ1) is 14.5. The molecule has 0 amide bonds. The zero-order valence-electron chi connectivity index (χ0n) is 11.7. The van der Waals surface area contributed by atoms with E-state index in [4.69, 9.17) is 4.74 Å². The van der Waals surface area contributed by atoms with Crippen LogP contribution in [0.4, 0.5) is 4.39 Å². The summed E-state index contributed by atoms with van der Waals surface area (Å²) in [6.45, 7) is 1.40. The van der Waals surface area contributed by atoms with E-state index in [0.717, 1.165) is 6.61 Å². The Hall–Kier alpha value is -0.930. The second kappa shape index (κ2) is 7.61. The minimum Gasteiger partial charge on any atom is -0.372 e. The van der Waals surface area contributed by atoms with Gasteiger partial charge in [0.05, 0.1) is 12.7 Å². The lowest BCUT2D eigenvalue weighted by atomic mass is 9.90.